The average Bonchev–Trinajstić information content (AvgIpc) is 2.36. The highest BCUT2D eigenvalue weighted by Crippen LogP contribution is 2.25. The zero-order chi connectivity index (χ0) is 13.5. The van der Waals surface area contributed by atoms with Gasteiger partial charge in [-0.2, -0.15) is 0 Å². The van der Waals surface area contributed by atoms with Crippen LogP contribution < -0.4 is 9.47 Å². The standard InChI is InChI=1S/C14H21NO3/c1-11(16)7-8-15(2)10-12-5-6-13(17-3)9-14(12)18-4/h5-6,9H,7-8,10H2,1-4H3. The molecule has 4 nitrogen and oxygen atoms in total. The quantitative estimate of drug-likeness (QED) is 0.744. The largest absolute Gasteiger partial charge is 0.497 e. The van der Waals surface area contributed by atoms with E-state index in [2.05, 4.69) is 4.90 Å². The van der Waals surface area contributed by atoms with Gasteiger partial charge in [-0.05, 0) is 20.0 Å². The maximum atomic E-state index is 10.9. The number of rotatable bonds is 7. The lowest BCUT2D eigenvalue weighted by molar-refractivity contribution is -0.117. The molecule has 100 valence electrons. The molecule has 1 aromatic carbocycles. The number of hydrogen-bond donors (Lipinski definition) is 0. The summed E-state index contributed by atoms with van der Waals surface area (Å²) in [6.07, 6.45) is 0.578. The third-order valence-corrected chi connectivity index (χ3v) is 2.78. The minimum Gasteiger partial charge on any atom is -0.497 e. The molecule has 1 aromatic rings. The fourth-order valence-corrected chi connectivity index (χ4v) is 1.70. The van der Waals surface area contributed by atoms with Crippen LogP contribution in [0, 0.1) is 0 Å². The number of Topliss-reactive ketones (excluding diaryl/α,β-unsaturated/α-hetero) is 1. The van der Waals surface area contributed by atoms with E-state index in [0.29, 0.717) is 6.42 Å². The van der Waals surface area contributed by atoms with E-state index in [9.17, 15) is 4.79 Å². The molecule has 0 saturated heterocycles. The summed E-state index contributed by atoms with van der Waals surface area (Å²) in [6.45, 7) is 3.12. The van der Waals surface area contributed by atoms with Crippen molar-refractivity contribution >= 4 is 5.78 Å². The fourth-order valence-electron chi connectivity index (χ4n) is 1.70. The van der Waals surface area contributed by atoms with Crippen molar-refractivity contribution in [3.05, 3.63) is 23.8 Å². The van der Waals surface area contributed by atoms with E-state index in [1.807, 2.05) is 25.2 Å². The summed E-state index contributed by atoms with van der Waals surface area (Å²) in [5.41, 5.74) is 1.09. The lowest BCUT2D eigenvalue weighted by Crippen LogP contribution is -2.21. The molecule has 0 aliphatic heterocycles. The Bertz CT molecular complexity index is 404. The van der Waals surface area contributed by atoms with Crippen LogP contribution >= 0.6 is 0 Å². The number of nitrogens with zero attached hydrogens (tertiary/aromatic N) is 1. The second-order valence-electron chi connectivity index (χ2n) is 4.37. The summed E-state index contributed by atoms with van der Waals surface area (Å²) in [5.74, 6) is 1.80. The molecule has 18 heavy (non-hydrogen) atoms. The molecule has 1 rings (SSSR count). The summed E-state index contributed by atoms with van der Waals surface area (Å²) in [4.78, 5) is 13.0. The van der Waals surface area contributed by atoms with E-state index < -0.39 is 0 Å². The van der Waals surface area contributed by atoms with Gasteiger partial charge in [0.25, 0.3) is 0 Å². The van der Waals surface area contributed by atoms with Gasteiger partial charge < -0.3 is 14.4 Å². The summed E-state index contributed by atoms with van der Waals surface area (Å²) in [7, 11) is 5.27. The molecule has 4 heteroatoms. The van der Waals surface area contributed by atoms with E-state index >= 15 is 0 Å². The van der Waals surface area contributed by atoms with Gasteiger partial charge in [-0.25, -0.2) is 0 Å². The molecule has 0 unspecified atom stereocenters. The van der Waals surface area contributed by atoms with Gasteiger partial charge in [0, 0.05) is 31.1 Å². The van der Waals surface area contributed by atoms with Crippen LogP contribution in [0.25, 0.3) is 0 Å². The van der Waals surface area contributed by atoms with Crippen LogP contribution in [-0.4, -0.2) is 38.5 Å². The topological polar surface area (TPSA) is 38.8 Å². The van der Waals surface area contributed by atoms with Crippen molar-refractivity contribution in [3.8, 4) is 11.5 Å². The molecule has 0 heterocycles. The van der Waals surface area contributed by atoms with Crippen molar-refractivity contribution in [1.29, 1.82) is 0 Å². The average molecular weight is 251 g/mol. The Morgan fingerprint density at radius 1 is 1.28 bits per heavy atom. The molecular formula is C14H21NO3. The number of carbonyl (C=O) groups is 1. The highest BCUT2D eigenvalue weighted by atomic mass is 16.5. The lowest BCUT2D eigenvalue weighted by atomic mass is 10.1. The predicted molar refractivity (Wildman–Crippen MR) is 71.2 cm³/mol. The molecule has 0 bridgehead atoms. The van der Waals surface area contributed by atoms with Crippen molar-refractivity contribution in [1.82, 2.24) is 4.90 Å². The van der Waals surface area contributed by atoms with Crippen LogP contribution in [-0.2, 0) is 11.3 Å². The number of carbonyl (C=O) groups excluding carboxylic acids is 1. The lowest BCUT2D eigenvalue weighted by Gasteiger charge is -2.18. The van der Waals surface area contributed by atoms with Gasteiger partial charge >= 0.3 is 0 Å². The molecule has 0 aromatic heterocycles. The summed E-state index contributed by atoms with van der Waals surface area (Å²) in [6, 6.07) is 5.77. The van der Waals surface area contributed by atoms with Gasteiger partial charge in [0.2, 0.25) is 0 Å². The fraction of sp³-hybridized carbons (Fsp3) is 0.500. The Kier molecular flexibility index (Phi) is 5.65. The Morgan fingerprint density at radius 2 is 2.00 bits per heavy atom. The Balaban J connectivity index is 2.68. The first kappa shape index (κ1) is 14.5. The van der Waals surface area contributed by atoms with Gasteiger partial charge in [0.1, 0.15) is 17.3 Å². The molecule has 0 fully saturated rings. The molecule has 0 spiro atoms. The van der Waals surface area contributed by atoms with Crippen molar-refractivity contribution in [2.24, 2.45) is 0 Å². The molecule has 0 saturated carbocycles. The van der Waals surface area contributed by atoms with Gasteiger partial charge in [-0.15, -0.1) is 0 Å². The summed E-state index contributed by atoms with van der Waals surface area (Å²) >= 11 is 0. The van der Waals surface area contributed by atoms with Crippen LogP contribution in [0.3, 0.4) is 0 Å². The van der Waals surface area contributed by atoms with Crippen LogP contribution in [0.5, 0.6) is 11.5 Å². The monoisotopic (exact) mass is 251 g/mol. The zero-order valence-corrected chi connectivity index (χ0v) is 11.5. The first-order chi connectivity index (χ1) is 8.56. The third-order valence-electron chi connectivity index (χ3n) is 2.78. The van der Waals surface area contributed by atoms with Crippen molar-refractivity contribution < 1.29 is 14.3 Å². The number of ether oxygens (including phenoxy) is 2. The molecule has 0 amide bonds. The van der Waals surface area contributed by atoms with E-state index in [0.717, 1.165) is 30.2 Å². The normalized spacial score (nSPS) is 10.5. The van der Waals surface area contributed by atoms with Gasteiger partial charge in [0.05, 0.1) is 14.2 Å². The van der Waals surface area contributed by atoms with Crippen molar-refractivity contribution in [2.45, 2.75) is 19.9 Å². The Morgan fingerprint density at radius 3 is 2.56 bits per heavy atom. The van der Waals surface area contributed by atoms with Crippen LogP contribution in [0.15, 0.2) is 18.2 Å². The summed E-state index contributed by atoms with van der Waals surface area (Å²) in [5, 5.41) is 0. The second-order valence-corrected chi connectivity index (χ2v) is 4.37. The molecule has 0 aliphatic rings. The highest BCUT2D eigenvalue weighted by molar-refractivity contribution is 5.75. The Hall–Kier alpha value is -1.55. The predicted octanol–water partition coefficient (Wildman–Crippen LogP) is 2.11. The van der Waals surface area contributed by atoms with Gasteiger partial charge in [0.15, 0.2) is 0 Å². The van der Waals surface area contributed by atoms with E-state index in [4.69, 9.17) is 9.47 Å². The minimum absolute atomic E-state index is 0.212. The first-order valence-corrected chi connectivity index (χ1v) is 5.95. The molecular weight excluding hydrogens is 230 g/mol. The van der Waals surface area contributed by atoms with E-state index in [1.165, 1.54) is 0 Å². The SMILES string of the molecule is COc1ccc(CN(C)CCC(C)=O)c(OC)c1. The molecule has 0 atom stereocenters. The number of methoxy groups -OCH3 is 2. The van der Waals surface area contributed by atoms with Crippen molar-refractivity contribution in [2.75, 3.05) is 27.8 Å². The maximum absolute atomic E-state index is 10.9. The molecule has 0 aliphatic carbocycles. The number of hydrogen-bond acceptors (Lipinski definition) is 4. The van der Waals surface area contributed by atoms with Crippen LogP contribution in [0.1, 0.15) is 18.9 Å². The van der Waals surface area contributed by atoms with E-state index in [1.54, 1.807) is 21.1 Å². The molecule has 0 N–H and O–H groups in total. The minimum atomic E-state index is 0.212. The number of ketones is 1. The van der Waals surface area contributed by atoms with Gasteiger partial charge in [-0.3, -0.25) is 4.79 Å². The number of benzene rings is 1. The van der Waals surface area contributed by atoms with Crippen molar-refractivity contribution in [3.63, 3.8) is 0 Å². The van der Waals surface area contributed by atoms with E-state index in [-0.39, 0.29) is 5.78 Å². The maximum Gasteiger partial charge on any atom is 0.131 e. The third kappa shape index (κ3) is 4.37. The van der Waals surface area contributed by atoms with Crippen LogP contribution in [0.4, 0.5) is 0 Å². The zero-order valence-electron chi connectivity index (χ0n) is 11.5. The van der Waals surface area contributed by atoms with Crippen LogP contribution in [0.2, 0.25) is 0 Å². The Labute approximate surface area is 108 Å². The highest BCUT2D eigenvalue weighted by Gasteiger charge is 2.08. The summed E-state index contributed by atoms with van der Waals surface area (Å²) < 4.78 is 10.5. The smallest absolute Gasteiger partial charge is 0.131 e. The van der Waals surface area contributed by atoms with Gasteiger partial charge in [-0.1, -0.05) is 6.07 Å². The molecule has 0 radical (unpaired) electrons. The second kappa shape index (κ2) is 7.01. The first-order valence-electron chi connectivity index (χ1n) is 5.95.